The zero-order valence-corrected chi connectivity index (χ0v) is 11.2. The molecule has 0 heterocycles. The van der Waals surface area contributed by atoms with E-state index in [1.54, 1.807) is 18.2 Å². The van der Waals surface area contributed by atoms with Crippen LogP contribution in [-0.2, 0) is 4.79 Å². The first-order chi connectivity index (χ1) is 8.06. The Morgan fingerprint density at radius 3 is 2.82 bits per heavy atom. The Labute approximate surface area is 110 Å². The van der Waals surface area contributed by atoms with Gasteiger partial charge in [-0.1, -0.05) is 37.4 Å². The molecule has 1 aromatic rings. The van der Waals surface area contributed by atoms with E-state index in [1.807, 2.05) is 6.92 Å². The molecule has 1 rings (SSSR count). The van der Waals surface area contributed by atoms with Gasteiger partial charge in [-0.3, -0.25) is 4.79 Å². The molecule has 1 unspecified atom stereocenters. The summed E-state index contributed by atoms with van der Waals surface area (Å²) in [5.41, 5.74) is 6.33. The normalized spacial score (nSPS) is 12.4. The highest BCUT2D eigenvalue weighted by Crippen LogP contribution is 2.36. The standard InChI is InChI=1S/C12H16ClNO2S/c1-2-3-7-10(12(15)16)17-11-8(13)5-4-6-9(11)14/h4-6,10H,2-3,7,14H2,1H3,(H,15,16). The van der Waals surface area contributed by atoms with Gasteiger partial charge in [-0.15, -0.1) is 11.8 Å². The number of hydrogen-bond acceptors (Lipinski definition) is 3. The fourth-order valence-corrected chi connectivity index (χ4v) is 2.78. The number of carboxylic acids is 1. The van der Waals surface area contributed by atoms with E-state index in [2.05, 4.69) is 0 Å². The Bertz CT molecular complexity index is 378. The van der Waals surface area contributed by atoms with Crippen LogP contribution in [0.4, 0.5) is 5.69 Å². The third-order valence-electron chi connectivity index (χ3n) is 2.35. The van der Waals surface area contributed by atoms with Crippen molar-refractivity contribution in [2.24, 2.45) is 0 Å². The van der Waals surface area contributed by atoms with E-state index in [1.165, 1.54) is 11.8 Å². The highest BCUT2D eigenvalue weighted by atomic mass is 35.5. The summed E-state index contributed by atoms with van der Waals surface area (Å²) in [4.78, 5) is 11.8. The lowest BCUT2D eigenvalue weighted by atomic mass is 10.2. The Morgan fingerprint density at radius 2 is 2.29 bits per heavy atom. The maximum Gasteiger partial charge on any atom is 0.316 e. The number of aliphatic carboxylic acids is 1. The number of carboxylic acid groups (broad SMARTS) is 1. The molecular weight excluding hydrogens is 258 g/mol. The first-order valence-electron chi connectivity index (χ1n) is 5.49. The smallest absolute Gasteiger partial charge is 0.316 e. The Hall–Kier alpha value is -0.870. The van der Waals surface area contributed by atoms with Gasteiger partial charge in [0.25, 0.3) is 0 Å². The number of thioether (sulfide) groups is 1. The molecule has 0 spiro atoms. The van der Waals surface area contributed by atoms with Crippen molar-refractivity contribution >= 4 is 35.0 Å². The van der Waals surface area contributed by atoms with Crippen molar-refractivity contribution < 1.29 is 9.90 Å². The number of benzene rings is 1. The van der Waals surface area contributed by atoms with Gasteiger partial charge in [-0.05, 0) is 18.6 Å². The van der Waals surface area contributed by atoms with Gasteiger partial charge in [0.15, 0.2) is 0 Å². The third kappa shape index (κ3) is 4.13. The van der Waals surface area contributed by atoms with Gasteiger partial charge in [-0.25, -0.2) is 0 Å². The van der Waals surface area contributed by atoms with Crippen LogP contribution >= 0.6 is 23.4 Å². The molecule has 0 bridgehead atoms. The summed E-state index contributed by atoms with van der Waals surface area (Å²) >= 11 is 7.25. The van der Waals surface area contributed by atoms with Crippen LogP contribution in [0.15, 0.2) is 23.1 Å². The van der Waals surface area contributed by atoms with Gasteiger partial charge < -0.3 is 10.8 Å². The molecule has 1 aromatic carbocycles. The number of carbonyl (C=O) groups is 1. The van der Waals surface area contributed by atoms with Crippen molar-refractivity contribution in [3.63, 3.8) is 0 Å². The molecule has 0 saturated carbocycles. The van der Waals surface area contributed by atoms with Crippen molar-refractivity contribution in [1.29, 1.82) is 0 Å². The fourth-order valence-electron chi connectivity index (χ4n) is 1.41. The van der Waals surface area contributed by atoms with Crippen LogP contribution in [0.3, 0.4) is 0 Å². The van der Waals surface area contributed by atoms with Crippen LogP contribution in [0.2, 0.25) is 5.02 Å². The summed E-state index contributed by atoms with van der Waals surface area (Å²) in [6.07, 6.45) is 2.48. The molecule has 0 saturated heterocycles. The van der Waals surface area contributed by atoms with Gasteiger partial charge in [-0.2, -0.15) is 0 Å². The number of nitrogens with two attached hydrogens (primary N) is 1. The quantitative estimate of drug-likeness (QED) is 0.613. The van der Waals surface area contributed by atoms with E-state index in [4.69, 9.17) is 22.4 Å². The average molecular weight is 274 g/mol. The van der Waals surface area contributed by atoms with Crippen molar-refractivity contribution in [1.82, 2.24) is 0 Å². The monoisotopic (exact) mass is 273 g/mol. The van der Waals surface area contributed by atoms with E-state index in [9.17, 15) is 4.79 Å². The summed E-state index contributed by atoms with van der Waals surface area (Å²) in [7, 11) is 0. The summed E-state index contributed by atoms with van der Waals surface area (Å²) in [5, 5.41) is 9.16. The van der Waals surface area contributed by atoms with Crippen LogP contribution in [0.25, 0.3) is 0 Å². The van der Waals surface area contributed by atoms with E-state index in [-0.39, 0.29) is 0 Å². The Morgan fingerprint density at radius 1 is 1.59 bits per heavy atom. The average Bonchev–Trinajstić information content (AvgIpc) is 2.27. The second kappa shape index (κ2) is 6.77. The molecule has 3 nitrogen and oxygen atoms in total. The van der Waals surface area contributed by atoms with Crippen LogP contribution in [0.1, 0.15) is 26.2 Å². The SMILES string of the molecule is CCCCC(Sc1c(N)cccc1Cl)C(=O)O. The van der Waals surface area contributed by atoms with Crippen LogP contribution in [0.5, 0.6) is 0 Å². The number of halogens is 1. The first-order valence-corrected chi connectivity index (χ1v) is 6.75. The maximum atomic E-state index is 11.1. The number of rotatable bonds is 6. The maximum absolute atomic E-state index is 11.1. The minimum Gasteiger partial charge on any atom is -0.480 e. The molecule has 0 radical (unpaired) electrons. The van der Waals surface area contributed by atoms with E-state index in [0.717, 1.165) is 12.8 Å². The Balaban J connectivity index is 2.82. The largest absolute Gasteiger partial charge is 0.480 e. The summed E-state index contributed by atoms with van der Waals surface area (Å²) in [6, 6.07) is 5.20. The lowest BCUT2D eigenvalue weighted by molar-refractivity contribution is -0.136. The van der Waals surface area contributed by atoms with Gasteiger partial charge >= 0.3 is 5.97 Å². The van der Waals surface area contributed by atoms with Crippen molar-refractivity contribution in [2.75, 3.05) is 5.73 Å². The topological polar surface area (TPSA) is 63.3 Å². The van der Waals surface area contributed by atoms with E-state index >= 15 is 0 Å². The van der Waals surface area contributed by atoms with E-state index < -0.39 is 11.2 Å². The molecule has 0 amide bonds. The van der Waals surface area contributed by atoms with Crippen molar-refractivity contribution in [2.45, 2.75) is 36.3 Å². The minimum absolute atomic E-state index is 0.489. The van der Waals surface area contributed by atoms with Crippen LogP contribution in [0, 0.1) is 0 Å². The number of anilines is 1. The van der Waals surface area contributed by atoms with Gasteiger partial charge in [0.2, 0.25) is 0 Å². The molecular formula is C12H16ClNO2S. The highest BCUT2D eigenvalue weighted by Gasteiger charge is 2.20. The predicted octanol–water partition coefficient (Wildman–Crippen LogP) is 3.66. The predicted molar refractivity (Wildman–Crippen MR) is 72.7 cm³/mol. The zero-order chi connectivity index (χ0) is 12.8. The third-order valence-corrected chi connectivity index (χ3v) is 4.19. The second-order valence-electron chi connectivity index (χ2n) is 3.75. The van der Waals surface area contributed by atoms with Crippen molar-refractivity contribution in [3.05, 3.63) is 23.2 Å². The minimum atomic E-state index is -0.817. The molecule has 0 aromatic heterocycles. The van der Waals surface area contributed by atoms with Crippen molar-refractivity contribution in [3.8, 4) is 0 Å². The van der Waals surface area contributed by atoms with Crippen LogP contribution in [-0.4, -0.2) is 16.3 Å². The molecule has 17 heavy (non-hydrogen) atoms. The van der Waals surface area contributed by atoms with Gasteiger partial charge in [0.1, 0.15) is 5.25 Å². The number of nitrogen functional groups attached to an aromatic ring is 1. The molecule has 0 aliphatic rings. The molecule has 94 valence electrons. The summed E-state index contributed by atoms with van der Waals surface area (Å²) in [5.74, 6) is -0.817. The number of unbranched alkanes of at least 4 members (excludes halogenated alkanes) is 1. The molecule has 0 aliphatic heterocycles. The molecule has 0 fully saturated rings. The highest BCUT2D eigenvalue weighted by molar-refractivity contribution is 8.00. The lowest BCUT2D eigenvalue weighted by Gasteiger charge is -2.14. The van der Waals surface area contributed by atoms with Gasteiger partial charge in [0.05, 0.1) is 5.02 Å². The summed E-state index contributed by atoms with van der Waals surface area (Å²) in [6.45, 7) is 2.04. The second-order valence-corrected chi connectivity index (χ2v) is 5.37. The van der Waals surface area contributed by atoms with Gasteiger partial charge in [0, 0.05) is 10.6 Å². The lowest BCUT2D eigenvalue weighted by Crippen LogP contribution is -2.16. The fraction of sp³-hybridized carbons (Fsp3) is 0.417. The summed E-state index contributed by atoms with van der Waals surface area (Å²) < 4.78 is 0. The molecule has 3 N–H and O–H groups in total. The Kier molecular flexibility index (Phi) is 5.65. The number of hydrogen-bond donors (Lipinski definition) is 2. The molecule has 5 heteroatoms. The van der Waals surface area contributed by atoms with E-state index in [0.29, 0.717) is 22.0 Å². The zero-order valence-electron chi connectivity index (χ0n) is 9.65. The molecule has 1 atom stereocenters. The van der Waals surface area contributed by atoms with Crippen LogP contribution < -0.4 is 5.73 Å². The first kappa shape index (κ1) is 14.2. The molecule has 0 aliphatic carbocycles.